The summed E-state index contributed by atoms with van der Waals surface area (Å²) in [5.74, 6) is -1.04. The second-order valence-corrected chi connectivity index (χ2v) is 30.6. The van der Waals surface area contributed by atoms with Crippen LogP contribution in [-0.2, 0) is 80.6 Å². The minimum atomic E-state index is -2.08. The molecule has 2 unspecified atom stereocenters. The number of cyclic esters (lactones) is 1. The van der Waals surface area contributed by atoms with Gasteiger partial charge in [-0.15, -0.1) is 6.58 Å². The summed E-state index contributed by atoms with van der Waals surface area (Å²) in [6, 6.07) is 0. The summed E-state index contributed by atoms with van der Waals surface area (Å²) >= 11 is 0. The van der Waals surface area contributed by atoms with Gasteiger partial charge in [-0.2, -0.15) is 0 Å². The molecule has 32 nitrogen and oxygen atoms in total. The summed E-state index contributed by atoms with van der Waals surface area (Å²) in [5.41, 5.74) is -1.63. The molecule has 10 fully saturated rings. The van der Waals surface area contributed by atoms with Crippen LogP contribution in [0, 0.1) is 39.4 Å². The van der Waals surface area contributed by atoms with Gasteiger partial charge in [-0.05, 0) is 100 Å². The number of carbonyl (C=O) groups is 2. The Kier molecular flexibility index (Phi) is 23.5. The SMILES string of the molecule is C=C(C)CCC[C@]1(C)OC(=O)[C@]23CC=C4C(CCC5C(C)(C)[C@@H](O[C@@H]6OC[C@@H](O[C@@H]7O[C@H](CO)[C@@H](O)[C@H](O[C@@H]8O[C@H](CO)[C@@H](O)[C@H](OC)[C@H]8O)[C@H]7O)[C@H](O)[C@H]6O[C@@H]6O[C@H](C)[C@@H](O[C@@H]7O[C@H](CO)[C@@H](O)[C@H](O[C@@H]8O[C@H](CO)[C@@H](O)[C@H](OC)[C@H]8O)[C@H]7O)[C@H](O)[C@H]6O)CC[C@]45C)[C@]2(C)CC(=O)[C@@H]31. The highest BCUT2D eigenvalue weighted by Gasteiger charge is 2.79. The van der Waals surface area contributed by atoms with Gasteiger partial charge in [0, 0.05) is 20.6 Å². The standard InChI is InChI=1S/C67H106O32/c1-26(2)12-11-17-66(8)55-30(72)20-65(7)29-13-14-36-63(4,5)37(16-18-64(36,6)28(29)15-19-67(55,65)62(84)99-66)94-61-54(42(77)35(25-87-61)93-57-47(82)52(40(75)33(23-70)89-57)96-58-45(80)50(85-9)38(73)31(21-68)90-58)98-56-44(79)43(78)49(27(3)88-56)95-60-48(83)53(41(76)34(24-71)92-60)97-59-46(81)51(86-10)39(74)32(22-69)91-59/h15,27,29,31-61,68-71,73-83H,1,11-14,16-25H2,2-10H3/t27-,29?,31-,32-,33-,34-,35-,36?,37+,38-,39-,40-,41-,42+,43-,44-,45-,46-,47-,48-,49-,50+,51+,52+,53+,54-,55-,56+,57+,58+,59+,60+,61+,64-,65+,66+,67-/m1/s1. The van der Waals surface area contributed by atoms with E-state index < -0.39 is 250 Å². The summed E-state index contributed by atoms with van der Waals surface area (Å²) in [5, 5.41) is 167. The highest BCUT2D eigenvalue weighted by molar-refractivity contribution is 5.99. The molecule has 99 heavy (non-hydrogen) atoms. The average molecular weight is 1420 g/mol. The zero-order valence-electron chi connectivity index (χ0n) is 57.4. The van der Waals surface area contributed by atoms with E-state index in [0.717, 1.165) is 18.4 Å². The molecule has 0 aromatic rings. The van der Waals surface area contributed by atoms with Crippen molar-refractivity contribution in [3.05, 3.63) is 23.8 Å². The van der Waals surface area contributed by atoms with E-state index in [9.17, 15) is 86.2 Å². The molecular formula is C67H106O32. The fourth-order valence-corrected chi connectivity index (χ4v) is 19.0. The lowest BCUT2D eigenvalue weighted by Crippen LogP contribution is -2.67. The third-order valence-corrected chi connectivity index (χ3v) is 24.4. The van der Waals surface area contributed by atoms with Crippen LogP contribution in [0.1, 0.15) is 106 Å². The second kappa shape index (κ2) is 30.0. The zero-order valence-corrected chi connectivity index (χ0v) is 57.4. The van der Waals surface area contributed by atoms with Crippen molar-refractivity contribution >= 4 is 11.8 Å². The number of Topliss-reactive ketones (excluding diaryl/α,β-unsaturated/α-hetero) is 1. The molecule has 11 aliphatic rings. The lowest BCUT2D eigenvalue weighted by molar-refractivity contribution is -0.397. The average Bonchev–Trinajstić information content (AvgIpc) is 1.51. The Hall–Kier alpha value is -2.54. The number of rotatable bonds is 22. The van der Waals surface area contributed by atoms with Gasteiger partial charge in [-0.25, -0.2) is 0 Å². The Morgan fingerprint density at radius 1 is 0.556 bits per heavy atom. The molecule has 0 aromatic carbocycles. The molecule has 37 atom stereocenters. The topological polar surface area (TPSA) is 476 Å². The van der Waals surface area contributed by atoms with Crippen molar-refractivity contribution in [2.45, 2.75) is 296 Å². The molecule has 1 spiro atoms. The quantitative estimate of drug-likeness (QED) is 0.0280. The van der Waals surface area contributed by atoms with Gasteiger partial charge in [-0.1, -0.05) is 44.9 Å². The summed E-state index contributed by atoms with van der Waals surface area (Å²) in [7, 11) is 2.36. The van der Waals surface area contributed by atoms with Crippen molar-refractivity contribution in [1.29, 1.82) is 0 Å². The maximum atomic E-state index is 14.6. The van der Waals surface area contributed by atoms with Crippen LogP contribution in [0.2, 0.25) is 0 Å². The van der Waals surface area contributed by atoms with E-state index >= 15 is 0 Å². The largest absolute Gasteiger partial charge is 0.458 e. The normalized spacial score (nSPS) is 52.1. The molecule has 0 radical (unpaired) electrons. The Bertz CT molecular complexity index is 2840. The molecule has 3 saturated carbocycles. The molecule has 11 rings (SSSR count). The summed E-state index contributed by atoms with van der Waals surface area (Å²) < 4.78 is 90.1. The highest BCUT2D eigenvalue weighted by atomic mass is 16.8. The molecule has 32 heteroatoms. The smallest absolute Gasteiger partial charge is 0.314 e. The molecule has 7 saturated heterocycles. The van der Waals surface area contributed by atoms with Crippen LogP contribution in [0.5, 0.6) is 0 Å². The van der Waals surface area contributed by atoms with Crippen LogP contribution in [0.4, 0.5) is 0 Å². The summed E-state index contributed by atoms with van der Waals surface area (Å²) in [6.45, 7) is 14.0. The number of esters is 1. The van der Waals surface area contributed by atoms with Crippen LogP contribution >= 0.6 is 0 Å². The zero-order chi connectivity index (χ0) is 72.1. The molecule has 0 amide bonds. The van der Waals surface area contributed by atoms with Crippen LogP contribution in [-0.4, -0.2) is 325 Å². The van der Waals surface area contributed by atoms with Gasteiger partial charge in [0.05, 0.1) is 56.6 Å². The Balaban J connectivity index is 0.837. The number of ether oxygens (including phenoxy) is 15. The predicted molar refractivity (Wildman–Crippen MR) is 331 cm³/mol. The summed E-state index contributed by atoms with van der Waals surface area (Å²) in [6.07, 6.45) is -42.8. The fraction of sp³-hybridized carbons (Fsp3) is 0.910. The molecule has 15 N–H and O–H groups in total. The van der Waals surface area contributed by atoms with Gasteiger partial charge in [0.15, 0.2) is 37.7 Å². The molecule has 0 aromatic heterocycles. The van der Waals surface area contributed by atoms with E-state index in [2.05, 4.69) is 40.3 Å². The van der Waals surface area contributed by atoms with E-state index in [-0.39, 0.29) is 30.0 Å². The van der Waals surface area contributed by atoms with E-state index in [1.165, 1.54) is 26.7 Å². The number of methoxy groups -OCH3 is 2. The van der Waals surface area contributed by atoms with Crippen molar-refractivity contribution in [3.8, 4) is 0 Å². The number of allylic oxidation sites excluding steroid dienone is 3. The van der Waals surface area contributed by atoms with Crippen molar-refractivity contribution in [2.24, 2.45) is 39.4 Å². The molecule has 7 heterocycles. The Labute approximate surface area is 573 Å². The number of hydrogen-bond donors (Lipinski definition) is 15. The van der Waals surface area contributed by atoms with Gasteiger partial charge in [0.25, 0.3) is 0 Å². The third-order valence-electron chi connectivity index (χ3n) is 24.4. The molecule has 566 valence electrons. The minimum absolute atomic E-state index is 0.0488. The van der Waals surface area contributed by atoms with Crippen molar-refractivity contribution < 1.29 is 157 Å². The van der Waals surface area contributed by atoms with Crippen LogP contribution < -0.4 is 0 Å². The summed E-state index contributed by atoms with van der Waals surface area (Å²) in [4.78, 5) is 29.1. The van der Waals surface area contributed by atoms with Gasteiger partial charge < -0.3 is 148 Å². The third kappa shape index (κ3) is 13.4. The van der Waals surface area contributed by atoms with Gasteiger partial charge in [0.1, 0.15) is 146 Å². The first-order valence-electron chi connectivity index (χ1n) is 34.7. The number of fused-ring (bicyclic) bond motifs is 4. The molecule has 4 aliphatic carbocycles. The van der Waals surface area contributed by atoms with Gasteiger partial charge >= 0.3 is 5.97 Å². The van der Waals surface area contributed by atoms with Crippen LogP contribution in [0.25, 0.3) is 0 Å². The Morgan fingerprint density at radius 3 is 1.54 bits per heavy atom. The van der Waals surface area contributed by atoms with Gasteiger partial charge in [-0.3, -0.25) is 9.59 Å². The number of aliphatic hydroxyl groups excluding tert-OH is 15. The van der Waals surface area contributed by atoms with Crippen molar-refractivity contribution in [3.63, 3.8) is 0 Å². The van der Waals surface area contributed by atoms with E-state index in [1.54, 1.807) is 0 Å². The predicted octanol–water partition coefficient (Wildman–Crippen LogP) is -3.91. The van der Waals surface area contributed by atoms with Crippen molar-refractivity contribution in [2.75, 3.05) is 47.3 Å². The van der Waals surface area contributed by atoms with Crippen molar-refractivity contribution in [1.82, 2.24) is 0 Å². The first-order chi connectivity index (χ1) is 46.7. The molecule has 0 bridgehead atoms. The van der Waals surface area contributed by atoms with Crippen LogP contribution in [0.3, 0.4) is 0 Å². The molecule has 7 aliphatic heterocycles. The Morgan fingerprint density at radius 2 is 1.03 bits per heavy atom. The first-order valence-corrected chi connectivity index (χ1v) is 34.7. The number of aliphatic hydroxyl groups is 15. The monoisotopic (exact) mass is 1420 g/mol. The number of hydrogen-bond acceptors (Lipinski definition) is 32. The first kappa shape index (κ1) is 77.6. The molecular weight excluding hydrogens is 1320 g/mol. The lowest BCUT2D eigenvalue weighted by Gasteiger charge is -2.63. The maximum absolute atomic E-state index is 14.6. The lowest BCUT2D eigenvalue weighted by atomic mass is 9.41. The van der Waals surface area contributed by atoms with Gasteiger partial charge in [0.2, 0.25) is 0 Å². The van der Waals surface area contributed by atoms with Crippen LogP contribution in [0.15, 0.2) is 23.8 Å². The second-order valence-electron chi connectivity index (χ2n) is 30.6. The van der Waals surface area contributed by atoms with E-state index in [0.29, 0.717) is 38.5 Å². The number of carbonyl (C=O) groups excluding carboxylic acids is 2. The van der Waals surface area contributed by atoms with E-state index in [4.69, 9.17) is 71.1 Å². The fourth-order valence-electron chi connectivity index (χ4n) is 19.0. The van der Waals surface area contributed by atoms with E-state index in [1.807, 2.05) is 13.8 Å². The number of ketones is 1. The maximum Gasteiger partial charge on any atom is 0.314 e. The highest BCUT2D eigenvalue weighted by Crippen LogP contribution is 2.75. The minimum Gasteiger partial charge on any atom is -0.458 e.